The van der Waals surface area contributed by atoms with Crippen molar-refractivity contribution < 1.29 is 4.79 Å². The Bertz CT molecular complexity index is 404. The van der Waals surface area contributed by atoms with Crippen LogP contribution in [0.1, 0.15) is 34.7 Å². The first-order chi connectivity index (χ1) is 8.45. The standard InChI is InChI=1S/C13H22N2OS2/c1-8-7-11(10(3)18-8)9(2)15-13(16)12(14)5-6-17-4/h7,9,12H,5-6,14H2,1-4H3,(H,15,16)/t9?,12-/m0/s1. The maximum absolute atomic E-state index is 11.9. The lowest BCUT2D eigenvalue weighted by molar-refractivity contribution is -0.123. The Labute approximate surface area is 118 Å². The van der Waals surface area contributed by atoms with E-state index in [0.717, 1.165) is 12.2 Å². The van der Waals surface area contributed by atoms with E-state index in [1.807, 2.05) is 13.2 Å². The number of hydrogen-bond acceptors (Lipinski definition) is 4. The highest BCUT2D eigenvalue weighted by Crippen LogP contribution is 2.26. The van der Waals surface area contributed by atoms with Crippen LogP contribution in [0.3, 0.4) is 0 Å². The monoisotopic (exact) mass is 286 g/mol. The summed E-state index contributed by atoms with van der Waals surface area (Å²) in [7, 11) is 0. The molecule has 0 aliphatic rings. The molecular formula is C13H22N2OS2. The van der Waals surface area contributed by atoms with E-state index in [4.69, 9.17) is 5.73 Å². The van der Waals surface area contributed by atoms with E-state index in [9.17, 15) is 4.79 Å². The Hall–Kier alpha value is -0.520. The fourth-order valence-corrected chi connectivity index (χ4v) is 3.37. The van der Waals surface area contributed by atoms with Crippen LogP contribution in [0.4, 0.5) is 0 Å². The number of nitrogens with two attached hydrogens (primary N) is 1. The van der Waals surface area contributed by atoms with Gasteiger partial charge < -0.3 is 11.1 Å². The molecule has 1 aromatic rings. The molecule has 1 amide bonds. The molecule has 0 radical (unpaired) electrons. The molecule has 0 aliphatic heterocycles. The smallest absolute Gasteiger partial charge is 0.237 e. The zero-order valence-electron chi connectivity index (χ0n) is 11.4. The summed E-state index contributed by atoms with van der Waals surface area (Å²) < 4.78 is 0. The van der Waals surface area contributed by atoms with Crippen LogP contribution in [-0.2, 0) is 4.79 Å². The number of nitrogens with one attached hydrogen (secondary N) is 1. The van der Waals surface area contributed by atoms with Crippen LogP contribution in [0.5, 0.6) is 0 Å². The van der Waals surface area contributed by atoms with E-state index in [1.165, 1.54) is 15.3 Å². The Balaban J connectivity index is 2.56. The first-order valence-electron chi connectivity index (χ1n) is 6.07. The molecule has 102 valence electrons. The molecule has 0 fully saturated rings. The SMILES string of the molecule is CSCC[C@H](N)C(=O)NC(C)c1cc(C)sc1C. The fraction of sp³-hybridized carbons (Fsp3) is 0.615. The third-order valence-electron chi connectivity index (χ3n) is 2.87. The van der Waals surface area contributed by atoms with Gasteiger partial charge in [-0.15, -0.1) is 11.3 Å². The Morgan fingerprint density at radius 3 is 2.72 bits per heavy atom. The topological polar surface area (TPSA) is 55.1 Å². The van der Waals surface area contributed by atoms with E-state index < -0.39 is 6.04 Å². The fourth-order valence-electron chi connectivity index (χ4n) is 1.85. The van der Waals surface area contributed by atoms with Crippen molar-refractivity contribution >= 4 is 29.0 Å². The second kappa shape index (κ2) is 7.16. The predicted octanol–water partition coefficient (Wildman–Crippen LogP) is 2.62. The number of hydrogen-bond donors (Lipinski definition) is 2. The molecule has 3 nitrogen and oxygen atoms in total. The van der Waals surface area contributed by atoms with E-state index >= 15 is 0 Å². The van der Waals surface area contributed by atoms with Crippen molar-refractivity contribution in [1.29, 1.82) is 0 Å². The maximum Gasteiger partial charge on any atom is 0.237 e. The van der Waals surface area contributed by atoms with Crippen molar-refractivity contribution in [2.75, 3.05) is 12.0 Å². The summed E-state index contributed by atoms with van der Waals surface area (Å²) in [5.74, 6) is 0.860. The average molecular weight is 286 g/mol. The van der Waals surface area contributed by atoms with Gasteiger partial charge in [-0.05, 0) is 50.8 Å². The number of rotatable bonds is 6. The van der Waals surface area contributed by atoms with Crippen LogP contribution in [0.15, 0.2) is 6.07 Å². The number of thiophene rings is 1. The van der Waals surface area contributed by atoms with Gasteiger partial charge in [0.15, 0.2) is 0 Å². The van der Waals surface area contributed by atoms with Gasteiger partial charge in [0, 0.05) is 9.75 Å². The summed E-state index contributed by atoms with van der Waals surface area (Å²) >= 11 is 3.47. The number of thioether (sulfide) groups is 1. The molecule has 1 heterocycles. The lowest BCUT2D eigenvalue weighted by atomic mass is 10.1. The van der Waals surface area contributed by atoms with E-state index in [-0.39, 0.29) is 11.9 Å². The number of carbonyl (C=O) groups excluding carboxylic acids is 1. The van der Waals surface area contributed by atoms with Gasteiger partial charge in [0.05, 0.1) is 12.1 Å². The van der Waals surface area contributed by atoms with E-state index in [0.29, 0.717) is 0 Å². The van der Waals surface area contributed by atoms with Crippen LogP contribution in [-0.4, -0.2) is 24.0 Å². The zero-order chi connectivity index (χ0) is 13.7. The Kier molecular flexibility index (Phi) is 6.18. The summed E-state index contributed by atoms with van der Waals surface area (Å²) in [6.45, 7) is 6.18. The average Bonchev–Trinajstić information content (AvgIpc) is 2.65. The molecule has 5 heteroatoms. The molecule has 1 rings (SSSR count). The highest BCUT2D eigenvalue weighted by atomic mass is 32.2. The second-order valence-electron chi connectivity index (χ2n) is 4.49. The Morgan fingerprint density at radius 1 is 1.56 bits per heavy atom. The predicted molar refractivity (Wildman–Crippen MR) is 81.3 cm³/mol. The molecule has 3 N–H and O–H groups in total. The zero-order valence-corrected chi connectivity index (χ0v) is 13.1. The minimum atomic E-state index is -0.403. The van der Waals surface area contributed by atoms with Gasteiger partial charge in [0.1, 0.15) is 0 Å². The van der Waals surface area contributed by atoms with E-state index in [1.54, 1.807) is 23.1 Å². The Morgan fingerprint density at radius 2 is 2.22 bits per heavy atom. The molecule has 0 aromatic carbocycles. The maximum atomic E-state index is 11.9. The lowest BCUT2D eigenvalue weighted by Gasteiger charge is -2.17. The second-order valence-corrected chi connectivity index (χ2v) is 6.93. The quantitative estimate of drug-likeness (QED) is 0.845. The first kappa shape index (κ1) is 15.5. The molecule has 0 saturated heterocycles. The number of aryl methyl sites for hydroxylation is 2. The molecule has 1 aromatic heterocycles. The molecule has 2 atom stereocenters. The van der Waals surface area contributed by atoms with Gasteiger partial charge >= 0.3 is 0 Å². The molecule has 1 unspecified atom stereocenters. The van der Waals surface area contributed by atoms with Gasteiger partial charge in [-0.25, -0.2) is 0 Å². The van der Waals surface area contributed by atoms with E-state index in [2.05, 4.69) is 25.2 Å². The highest BCUT2D eigenvalue weighted by Gasteiger charge is 2.18. The molecular weight excluding hydrogens is 264 g/mol. The lowest BCUT2D eigenvalue weighted by Crippen LogP contribution is -2.42. The van der Waals surface area contributed by atoms with Crippen molar-refractivity contribution in [1.82, 2.24) is 5.32 Å². The van der Waals surface area contributed by atoms with Crippen molar-refractivity contribution in [3.05, 3.63) is 21.4 Å². The summed E-state index contributed by atoms with van der Waals surface area (Å²) in [6.07, 6.45) is 2.74. The molecule has 0 saturated carbocycles. The molecule has 0 spiro atoms. The van der Waals surface area contributed by atoms with Crippen LogP contribution in [0.25, 0.3) is 0 Å². The third-order valence-corrected chi connectivity index (χ3v) is 4.50. The molecule has 18 heavy (non-hydrogen) atoms. The van der Waals surface area contributed by atoms with Gasteiger partial charge in [-0.2, -0.15) is 11.8 Å². The largest absolute Gasteiger partial charge is 0.348 e. The van der Waals surface area contributed by atoms with Crippen molar-refractivity contribution in [2.24, 2.45) is 5.73 Å². The normalized spacial score (nSPS) is 14.3. The van der Waals surface area contributed by atoms with Crippen molar-refractivity contribution in [2.45, 2.75) is 39.3 Å². The molecule has 0 aliphatic carbocycles. The summed E-state index contributed by atoms with van der Waals surface area (Å²) in [6, 6.07) is 1.76. The van der Waals surface area contributed by atoms with Crippen LogP contribution in [0.2, 0.25) is 0 Å². The molecule has 0 bridgehead atoms. The number of amides is 1. The van der Waals surface area contributed by atoms with Crippen LogP contribution >= 0.6 is 23.1 Å². The summed E-state index contributed by atoms with van der Waals surface area (Å²) in [5.41, 5.74) is 7.05. The summed E-state index contributed by atoms with van der Waals surface area (Å²) in [4.78, 5) is 14.4. The third kappa shape index (κ3) is 4.30. The van der Waals surface area contributed by atoms with Crippen molar-refractivity contribution in [3.63, 3.8) is 0 Å². The first-order valence-corrected chi connectivity index (χ1v) is 8.28. The van der Waals surface area contributed by atoms with Gasteiger partial charge in [0.2, 0.25) is 5.91 Å². The van der Waals surface area contributed by atoms with Crippen LogP contribution in [0, 0.1) is 13.8 Å². The van der Waals surface area contributed by atoms with Crippen molar-refractivity contribution in [3.8, 4) is 0 Å². The van der Waals surface area contributed by atoms with Gasteiger partial charge in [-0.1, -0.05) is 0 Å². The minimum Gasteiger partial charge on any atom is -0.348 e. The van der Waals surface area contributed by atoms with Gasteiger partial charge in [0.25, 0.3) is 0 Å². The van der Waals surface area contributed by atoms with Gasteiger partial charge in [-0.3, -0.25) is 4.79 Å². The highest BCUT2D eigenvalue weighted by molar-refractivity contribution is 7.98. The number of carbonyl (C=O) groups is 1. The minimum absolute atomic E-state index is 0.0304. The van der Waals surface area contributed by atoms with Crippen LogP contribution < -0.4 is 11.1 Å². The summed E-state index contributed by atoms with van der Waals surface area (Å²) in [5, 5.41) is 2.99.